The Morgan fingerprint density at radius 3 is 1.55 bits per heavy atom. The monoisotopic (exact) mass is 462 g/mol. The molecule has 1 rings (SSSR count). The molecule has 33 heavy (non-hydrogen) atoms. The molecule has 0 aliphatic rings. The molecule has 3 unspecified atom stereocenters. The molecule has 0 radical (unpaired) electrons. The summed E-state index contributed by atoms with van der Waals surface area (Å²) >= 11 is 0. The number of amides is 4. The summed E-state index contributed by atoms with van der Waals surface area (Å²) in [5.74, 6) is -1.91. The van der Waals surface area contributed by atoms with E-state index in [1.54, 1.807) is 27.7 Å². The fourth-order valence-electron chi connectivity index (χ4n) is 3.14. The Hall–Kier alpha value is -3.10. The minimum atomic E-state index is -0.901. The van der Waals surface area contributed by atoms with Crippen LogP contribution in [0.5, 0.6) is 0 Å². The van der Waals surface area contributed by atoms with E-state index < -0.39 is 36.0 Å². The van der Waals surface area contributed by atoms with Crippen LogP contribution < -0.4 is 21.3 Å². The van der Waals surface area contributed by atoms with Gasteiger partial charge in [-0.3, -0.25) is 14.4 Å². The number of benzene rings is 1. The predicted molar refractivity (Wildman–Crippen MR) is 126 cm³/mol. The molecule has 0 spiro atoms. The minimum Gasteiger partial charge on any atom is -0.445 e. The summed E-state index contributed by atoms with van der Waals surface area (Å²) in [6.45, 7) is 10.9. The van der Waals surface area contributed by atoms with Crippen LogP contribution in [0, 0.1) is 17.8 Å². The Morgan fingerprint density at radius 2 is 1.12 bits per heavy atom. The molecule has 0 aromatic heterocycles. The Balaban J connectivity index is 2.82. The van der Waals surface area contributed by atoms with E-state index in [1.807, 2.05) is 44.2 Å². The number of rotatable bonds is 11. The Bertz CT molecular complexity index is 795. The van der Waals surface area contributed by atoms with Gasteiger partial charge in [0.25, 0.3) is 0 Å². The van der Waals surface area contributed by atoms with E-state index in [0.717, 1.165) is 5.56 Å². The van der Waals surface area contributed by atoms with Crippen LogP contribution in [0.1, 0.15) is 47.1 Å². The summed E-state index contributed by atoms with van der Waals surface area (Å²) in [4.78, 5) is 50.3. The van der Waals surface area contributed by atoms with Crippen LogP contribution in [0.15, 0.2) is 30.3 Å². The van der Waals surface area contributed by atoms with Crippen LogP contribution in [0.2, 0.25) is 0 Å². The summed E-state index contributed by atoms with van der Waals surface area (Å²) in [7, 11) is 1.50. The molecule has 9 heteroatoms. The number of likely N-dealkylation sites (N-methyl/N-ethyl adjacent to an activating group) is 1. The van der Waals surface area contributed by atoms with Gasteiger partial charge in [-0.15, -0.1) is 0 Å². The molecule has 4 amide bonds. The summed E-state index contributed by atoms with van der Waals surface area (Å²) in [5.41, 5.74) is 0.825. The zero-order valence-electron chi connectivity index (χ0n) is 20.6. The number of nitrogens with one attached hydrogen (secondary N) is 4. The maximum Gasteiger partial charge on any atom is 0.408 e. The number of carbonyl (C=O) groups excluding carboxylic acids is 4. The fraction of sp³-hybridized carbons (Fsp3) is 0.583. The van der Waals surface area contributed by atoms with Gasteiger partial charge >= 0.3 is 6.09 Å². The third-order valence-corrected chi connectivity index (χ3v) is 5.18. The van der Waals surface area contributed by atoms with Gasteiger partial charge in [-0.25, -0.2) is 4.79 Å². The van der Waals surface area contributed by atoms with Crippen LogP contribution in [0.25, 0.3) is 0 Å². The van der Waals surface area contributed by atoms with Crippen molar-refractivity contribution in [2.45, 2.75) is 66.3 Å². The first-order valence-corrected chi connectivity index (χ1v) is 11.3. The first kappa shape index (κ1) is 27.9. The van der Waals surface area contributed by atoms with E-state index >= 15 is 0 Å². The molecule has 0 aliphatic heterocycles. The van der Waals surface area contributed by atoms with Gasteiger partial charge in [0, 0.05) is 7.05 Å². The largest absolute Gasteiger partial charge is 0.445 e. The summed E-state index contributed by atoms with van der Waals surface area (Å²) in [6.07, 6.45) is -0.724. The van der Waals surface area contributed by atoms with Gasteiger partial charge in [0.2, 0.25) is 17.7 Å². The second-order valence-electron chi connectivity index (χ2n) is 9.00. The fourth-order valence-corrected chi connectivity index (χ4v) is 3.14. The average molecular weight is 463 g/mol. The lowest BCUT2D eigenvalue weighted by atomic mass is 9.98. The van der Waals surface area contributed by atoms with Gasteiger partial charge in [0.05, 0.1) is 0 Å². The zero-order valence-corrected chi connectivity index (χ0v) is 20.6. The zero-order chi connectivity index (χ0) is 25.1. The highest BCUT2D eigenvalue weighted by molar-refractivity contribution is 5.94. The number of alkyl carbamates (subject to hydrolysis) is 1. The van der Waals surface area contributed by atoms with Gasteiger partial charge in [-0.05, 0) is 23.3 Å². The Kier molecular flexibility index (Phi) is 11.4. The summed E-state index contributed by atoms with van der Waals surface area (Å²) in [6, 6.07) is 6.69. The molecular weight excluding hydrogens is 424 g/mol. The molecule has 3 atom stereocenters. The van der Waals surface area contributed by atoms with Crippen LogP contribution in [0.3, 0.4) is 0 Å². The first-order chi connectivity index (χ1) is 15.5. The van der Waals surface area contributed by atoms with E-state index in [2.05, 4.69) is 21.3 Å². The van der Waals surface area contributed by atoms with E-state index in [9.17, 15) is 19.2 Å². The van der Waals surface area contributed by atoms with Crippen molar-refractivity contribution >= 4 is 23.8 Å². The van der Waals surface area contributed by atoms with Crippen LogP contribution in [-0.2, 0) is 25.7 Å². The lowest BCUT2D eigenvalue weighted by Crippen LogP contribution is -2.59. The molecule has 184 valence electrons. The smallest absolute Gasteiger partial charge is 0.408 e. The van der Waals surface area contributed by atoms with E-state index in [4.69, 9.17) is 4.74 Å². The maximum atomic E-state index is 13.0. The van der Waals surface area contributed by atoms with E-state index in [-0.39, 0.29) is 30.3 Å². The molecule has 1 aromatic rings. The van der Waals surface area contributed by atoms with Crippen molar-refractivity contribution in [1.82, 2.24) is 21.3 Å². The summed E-state index contributed by atoms with van der Waals surface area (Å²) < 4.78 is 5.22. The topological polar surface area (TPSA) is 126 Å². The van der Waals surface area contributed by atoms with Crippen LogP contribution >= 0.6 is 0 Å². The van der Waals surface area contributed by atoms with Crippen molar-refractivity contribution in [3.8, 4) is 0 Å². The van der Waals surface area contributed by atoms with Gasteiger partial charge in [-0.2, -0.15) is 0 Å². The molecule has 0 saturated heterocycles. The SMILES string of the molecule is CNC(=O)C(NC(=O)C(NC(=O)C(NC(=O)OCc1ccccc1)C(C)C)C(C)C)C(C)C. The number of carbonyl (C=O) groups is 4. The highest BCUT2D eigenvalue weighted by Crippen LogP contribution is 2.09. The van der Waals surface area contributed by atoms with E-state index in [0.29, 0.717) is 0 Å². The molecule has 9 nitrogen and oxygen atoms in total. The van der Waals surface area contributed by atoms with Crippen molar-refractivity contribution in [1.29, 1.82) is 0 Å². The van der Waals surface area contributed by atoms with Gasteiger partial charge in [-0.1, -0.05) is 71.9 Å². The minimum absolute atomic E-state index is 0.0756. The molecule has 0 saturated carbocycles. The predicted octanol–water partition coefficient (Wildman–Crippen LogP) is 1.97. The van der Waals surface area contributed by atoms with Crippen molar-refractivity contribution in [2.75, 3.05) is 7.05 Å². The molecule has 0 fully saturated rings. The quantitative estimate of drug-likeness (QED) is 0.400. The first-order valence-electron chi connectivity index (χ1n) is 11.3. The summed E-state index contributed by atoms with van der Waals surface area (Å²) in [5, 5.41) is 10.6. The van der Waals surface area contributed by atoms with Crippen molar-refractivity contribution in [3.63, 3.8) is 0 Å². The number of ether oxygens (including phenoxy) is 1. The average Bonchev–Trinajstić information content (AvgIpc) is 2.77. The molecule has 0 heterocycles. The molecular formula is C24H38N4O5. The van der Waals surface area contributed by atoms with Gasteiger partial charge in [0.1, 0.15) is 24.7 Å². The maximum absolute atomic E-state index is 13.0. The van der Waals surface area contributed by atoms with Crippen LogP contribution in [0.4, 0.5) is 4.79 Å². The Morgan fingerprint density at radius 1 is 0.697 bits per heavy atom. The van der Waals surface area contributed by atoms with Crippen molar-refractivity contribution in [3.05, 3.63) is 35.9 Å². The number of hydrogen-bond acceptors (Lipinski definition) is 5. The highest BCUT2D eigenvalue weighted by atomic mass is 16.5. The van der Waals surface area contributed by atoms with E-state index in [1.165, 1.54) is 7.05 Å². The second kappa shape index (κ2) is 13.4. The van der Waals surface area contributed by atoms with Crippen molar-refractivity contribution in [2.24, 2.45) is 17.8 Å². The lowest BCUT2D eigenvalue weighted by molar-refractivity contribution is -0.134. The Labute approximate surface area is 196 Å². The van der Waals surface area contributed by atoms with Gasteiger partial charge < -0.3 is 26.0 Å². The number of hydrogen-bond donors (Lipinski definition) is 4. The molecule has 0 aliphatic carbocycles. The molecule has 0 bridgehead atoms. The van der Waals surface area contributed by atoms with Gasteiger partial charge in [0.15, 0.2) is 0 Å². The highest BCUT2D eigenvalue weighted by Gasteiger charge is 2.33. The third-order valence-electron chi connectivity index (χ3n) is 5.18. The third kappa shape index (κ3) is 9.11. The normalized spacial score (nSPS) is 13.8. The molecule has 4 N–H and O–H groups in total. The second-order valence-corrected chi connectivity index (χ2v) is 9.00. The lowest BCUT2D eigenvalue weighted by Gasteiger charge is -2.29. The molecule has 1 aromatic carbocycles. The standard InChI is InChI=1S/C24H38N4O5/c1-14(2)18(21(29)25-7)26-22(30)19(15(3)4)27-23(31)20(16(5)6)28-24(32)33-13-17-11-9-8-10-12-17/h8-12,14-16,18-20H,13H2,1-7H3,(H,25,29)(H,26,30)(H,27,31)(H,28,32). The van der Waals surface area contributed by atoms with Crippen molar-refractivity contribution < 1.29 is 23.9 Å². The van der Waals surface area contributed by atoms with Crippen LogP contribution in [-0.4, -0.2) is 49.0 Å².